The Kier molecular flexibility index (Phi) is 13.3. The number of aromatic hydroxyl groups is 1. The van der Waals surface area contributed by atoms with Crippen molar-refractivity contribution in [3.63, 3.8) is 0 Å². The van der Waals surface area contributed by atoms with Gasteiger partial charge in [-0.1, -0.05) is 42.3 Å². The van der Waals surface area contributed by atoms with Gasteiger partial charge in [-0.25, -0.2) is 0 Å². The Morgan fingerprint density at radius 3 is 2.22 bits per heavy atom. The number of hydrogen-bond donors (Lipinski definition) is 3. The number of aromatic nitrogens is 1. The molecule has 130 valence electrons. The number of pyridine rings is 1. The maximum atomic E-state index is 9.25. The van der Waals surface area contributed by atoms with E-state index in [9.17, 15) is 5.11 Å². The molecule has 2 aromatic rings. The van der Waals surface area contributed by atoms with Gasteiger partial charge >= 0.3 is 0 Å². The van der Waals surface area contributed by atoms with Gasteiger partial charge in [-0.2, -0.15) is 0 Å². The van der Waals surface area contributed by atoms with Gasteiger partial charge in [0.25, 0.3) is 0 Å². The molecule has 0 amide bonds. The standard InChI is InChI=1S/C9H6BrNO.C5H14N2.C3H7Br/c10-8-5-7(12)4-6-2-1-3-11-9(6)8;6-4-2-1-3-5-7;1-3(2)4/h1-5,12H;1-7H2;3H,1-2H3. The van der Waals surface area contributed by atoms with E-state index in [4.69, 9.17) is 11.5 Å². The summed E-state index contributed by atoms with van der Waals surface area (Å²) < 4.78 is 0.818. The summed E-state index contributed by atoms with van der Waals surface area (Å²) in [5.41, 5.74) is 11.3. The first-order chi connectivity index (χ1) is 10.9. The van der Waals surface area contributed by atoms with Gasteiger partial charge in [-0.05, 0) is 60.1 Å². The van der Waals surface area contributed by atoms with Crippen LogP contribution in [0.1, 0.15) is 33.1 Å². The molecule has 5 N–H and O–H groups in total. The lowest BCUT2D eigenvalue weighted by atomic mass is 10.2. The van der Waals surface area contributed by atoms with E-state index >= 15 is 0 Å². The lowest BCUT2D eigenvalue weighted by molar-refractivity contribution is 0.476. The molecule has 0 saturated carbocycles. The molecular formula is C17H27Br2N3O. The van der Waals surface area contributed by atoms with Gasteiger partial charge in [0, 0.05) is 20.9 Å². The molecule has 0 atom stereocenters. The van der Waals surface area contributed by atoms with Crippen LogP contribution in [0.5, 0.6) is 5.75 Å². The van der Waals surface area contributed by atoms with Crippen LogP contribution in [-0.2, 0) is 0 Å². The zero-order valence-corrected chi connectivity index (χ0v) is 17.0. The van der Waals surface area contributed by atoms with Crippen LogP contribution >= 0.6 is 31.9 Å². The number of nitrogens with two attached hydrogens (primary N) is 2. The summed E-state index contributed by atoms with van der Waals surface area (Å²) in [7, 11) is 0. The second-order valence-corrected chi connectivity index (χ2v) is 7.84. The summed E-state index contributed by atoms with van der Waals surface area (Å²) in [5.74, 6) is 0.252. The topological polar surface area (TPSA) is 85.2 Å². The van der Waals surface area contributed by atoms with E-state index in [0.717, 1.165) is 41.3 Å². The third-order valence-electron chi connectivity index (χ3n) is 2.55. The van der Waals surface area contributed by atoms with Crippen molar-refractivity contribution in [3.05, 3.63) is 34.9 Å². The molecule has 1 aromatic carbocycles. The van der Waals surface area contributed by atoms with E-state index in [1.807, 2.05) is 12.1 Å². The lowest BCUT2D eigenvalue weighted by Gasteiger charge is -1.99. The largest absolute Gasteiger partial charge is 0.508 e. The van der Waals surface area contributed by atoms with Crippen molar-refractivity contribution < 1.29 is 5.11 Å². The minimum Gasteiger partial charge on any atom is -0.508 e. The Bertz CT molecular complexity index is 544. The molecule has 1 aromatic heterocycles. The summed E-state index contributed by atoms with van der Waals surface area (Å²) in [6.45, 7) is 5.78. The predicted molar refractivity (Wildman–Crippen MR) is 107 cm³/mol. The van der Waals surface area contributed by atoms with Crippen molar-refractivity contribution in [1.82, 2.24) is 4.98 Å². The summed E-state index contributed by atoms with van der Waals surface area (Å²) >= 11 is 6.60. The molecular weight excluding hydrogens is 422 g/mol. The number of alkyl halides is 1. The Labute approximate surface area is 155 Å². The first-order valence-corrected chi connectivity index (χ1v) is 9.40. The quantitative estimate of drug-likeness (QED) is 0.472. The molecule has 6 heteroatoms. The third-order valence-corrected chi connectivity index (χ3v) is 3.16. The van der Waals surface area contributed by atoms with Crippen molar-refractivity contribution in [2.45, 2.75) is 37.9 Å². The fraction of sp³-hybridized carbons (Fsp3) is 0.471. The van der Waals surface area contributed by atoms with Crippen molar-refractivity contribution >= 4 is 42.8 Å². The summed E-state index contributed by atoms with van der Waals surface area (Å²) in [4.78, 5) is 4.81. The monoisotopic (exact) mass is 447 g/mol. The van der Waals surface area contributed by atoms with Gasteiger partial charge in [0.05, 0.1) is 5.52 Å². The van der Waals surface area contributed by atoms with Crippen molar-refractivity contribution in [1.29, 1.82) is 0 Å². The molecule has 1 heterocycles. The molecule has 0 aliphatic heterocycles. The highest BCUT2D eigenvalue weighted by molar-refractivity contribution is 9.10. The number of unbranched alkanes of at least 4 members (excludes halogenated alkanes) is 2. The Hall–Kier alpha value is -0.690. The van der Waals surface area contributed by atoms with Crippen LogP contribution in [0, 0.1) is 0 Å². The second-order valence-electron chi connectivity index (χ2n) is 5.15. The van der Waals surface area contributed by atoms with Crippen LogP contribution in [0.15, 0.2) is 34.9 Å². The lowest BCUT2D eigenvalue weighted by Crippen LogP contribution is -2.02. The molecule has 0 radical (unpaired) electrons. The van der Waals surface area contributed by atoms with E-state index in [-0.39, 0.29) is 5.75 Å². The van der Waals surface area contributed by atoms with E-state index in [1.165, 1.54) is 6.42 Å². The number of phenols is 1. The number of rotatable bonds is 4. The minimum atomic E-state index is 0.252. The average Bonchev–Trinajstić information content (AvgIpc) is 2.48. The molecule has 0 fully saturated rings. The van der Waals surface area contributed by atoms with Crippen LogP contribution in [0.3, 0.4) is 0 Å². The highest BCUT2D eigenvalue weighted by Gasteiger charge is 2.00. The van der Waals surface area contributed by atoms with Crippen LogP contribution < -0.4 is 11.5 Å². The Balaban J connectivity index is 0.000000377. The smallest absolute Gasteiger partial charge is 0.117 e. The first-order valence-electron chi connectivity index (χ1n) is 7.69. The summed E-state index contributed by atoms with van der Waals surface area (Å²) in [5, 5.41) is 10.2. The SMILES string of the molecule is CC(C)Br.NCCCCCN.Oc1cc(Br)c2ncccc2c1. The van der Waals surface area contributed by atoms with Gasteiger partial charge < -0.3 is 16.6 Å². The predicted octanol–water partition coefficient (Wildman–Crippen LogP) is 4.57. The van der Waals surface area contributed by atoms with Crippen molar-refractivity contribution in [2.24, 2.45) is 11.5 Å². The van der Waals surface area contributed by atoms with Crippen LogP contribution in [0.4, 0.5) is 0 Å². The first kappa shape index (κ1) is 22.3. The van der Waals surface area contributed by atoms with E-state index in [0.29, 0.717) is 4.83 Å². The third kappa shape index (κ3) is 11.5. The van der Waals surface area contributed by atoms with Gasteiger partial charge in [0.1, 0.15) is 5.75 Å². The number of hydrogen-bond acceptors (Lipinski definition) is 4. The second kappa shape index (κ2) is 13.7. The summed E-state index contributed by atoms with van der Waals surface area (Å²) in [6.07, 6.45) is 5.16. The molecule has 0 aliphatic carbocycles. The van der Waals surface area contributed by atoms with Crippen LogP contribution in [0.25, 0.3) is 10.9 Å². The van der Waals surface area contributed by atoms with E-state index < -0.39 is 0 Å². The summed E-state index contributed by atoms with van der Waals surface area (Å²) in [6, 6.07) is 7.07. The molecule has 0 unspecified atom stereocenters. The van der Waals surface area contributed by atoms with Gasteiger partial charge in [0.2, 0.25) is 0 Å². The van der Waals surface area contributed by atoms with E-state index in [1.54, 1.807) is 18.3 Å². The number of nitrogens with zero attached hydrogens (tertiary/aromatic N) is 1. The number of fused-ring (bicyclic) bond motifs is 1. The zero-order valence-electron chi connectivity index (χ0n) is 13.8. The molecule has 0 aliphatic rings. The highest BCUT2D eigenvalue weighted by Crippen LogP contribution is 2.26. The number of halogens is 2. The molecule has 4 nitrogen and oxygen atoms in total. The molecule has 2 rings (SSSR count). The zero-order chi connectivity index (χ0) is 17.7. The Morgan fingerprint density at radius 1 is 1.13 bits per heavy atom. The molecule has 0 saturated heterocycles. The minimum absolute atomic E-state index is 0.252. The Morgan fingerprint density at radius 2 is 1.70 bits per heavy atom. The van der Waals surface area contributed by atoms with Crippen LogP contribution in [-0.4, -0.2) is 28.0 Å². The number of benzene rings is 1. The molecule has 23 heavy (non-hydrogen) atoms. The van der Waals surface area contributed by atoms with Gasteiger partial charge in [-0.15, -0.1) is 0 Å². The van der Waals surface area contributed by atoms with Crippen molar-refractivity contribution in [3.8, 4) is 5.75 Å². The molecule has 0 bridgehead atoms. The fourth-order valence-corrected chi connectivity index (χ4v) is 2.16. The number of phenolic OH excluding ortho intramolecular Hbond substituents is 1. The van der Waals surface area contributed by atoms with Crippen LogP contribution in [0.2, 0.25) is 0 Å². The average molecular weight is 449 g/mol. The van der Waals surface area contributed by atoms with Gasteiger partial charge in [0.15, 0.2) is 0 Å². The van der Waals surface area contributed by atoms with Crippen molar-refractivity contribution in [2.75, 3.05) is 13.1 Å². The van der Waals surface area contributed by atoms with E-state index in [2.05, 4.69) is 50.7 Å². The molecule has 0 spiro atoms. The fourth-order valence-electron chi connectivity index (χ4n) is 1.60. The highest BCUT2D eigenvalue weighted by atomic mass is 79.9. The maximum absolute atomic E-state index is 9.25. The normalized spacial score (nSPS) is 9.87. The van der Waals surface area contributed by atoms with Gasteiger partial charge in [-0.3, -0.25) is 4.98 Å². The maximum Gasteiger partial charge on any atom is 0.117 e.